The van der Waals surface area contributed by atoms with Gasteiger partial charge in [0.2, 0.25) is 0 Å². The lowest BCUT2D eigenvalue weighted by atomic mass is 10.5. The third-order valence-electron chi connectivity index (χ3n) is 0.884. The van der Waals surface area contributed by atoms with E-state index in [-0.39, 0.29) is 0 Å². The number of imidazole rings is 1. The van der Waals surface area contributed by atoms with Crippen LogP contribution in [0.2, 0.25) is 0 Å². The molecule has 0 saturated carbocycles. The minimum absolute atomic E-state index is 0.410. The molecule has 0 saturated heterocycles. The van der Waals surface area contributed by atoms with Crippen LogP contribution in [0.25, 0.3) is 0 Å². The van der Waals surface area contributed by atoms with Crippen LogP contribution in [0.15, 0.2) is 4.60 Å². The lowest BCUT2D eigenvalue weighted by Gasteiger charge is -1.74. The molecule has 0 spiro atoms. The van der Waals surface area contributed by atoms with E-state index in [2.05, 4.69) is 25.9 Å². The first kappa shape index (κ1) is 6.30. The largest absolute Gasteiger partial charge is 0.336 e. The van der Waals surface area contributed by atoms with Gasteiger partial charge in [-0.05, 0) is 22.9 Å². The highest BCUT2D eigenvalue weighted by Gasteiger charge is 2.01. The summed E-state index contributed by atoms with van der Waals surface area (Å²) in [6.07, 6.45) is 0. The number of hydrogen-bond acceptors (Lipinski definition) is 2. The average molecular weight is 186 g/mol. The quantitative estimate of drug-likeness (QED) is 0.664. The predicted molar refractivity (Wildman–Crippen MR) is 35.7 cm³/mol. The third kappa shape index (κ3) is 1.11. The summed E-state index contributed by atoms with van der Waals surface area (Å²) in [5.74, 6) is 0.749. The highest BCUT2D eigenvalue weighted by molar-refractivity contribution is 9.10. The van der Waals surface area contributed by atoms with Gasteiger partial charge in [0.1, 0.15) is 16.5 Å². The van der Waals surface area contributed by atoms with Crippen LogP contribution < -0.4 is 0 Å². The maximum absolute atomic E-state index is 8.37. The Morgan fingerprint density at radius 2 is 2.44 bits per heavy atom. The molecule has 0 atom stereocenters. The third-order valence-corrected chi connectivity index (χ3v) is 1.46. The van der Waals surface area contributed by atoms with E-state index in [9.17, 15) is 0 Å². The monoisotopic (exact) mass is 185 g/mol. The van der Waals surface area contributed by atoms with Crippen LogP contribution in [0, 0.1) is 18.3 Å². The fourth-order valence-corrected chi connectivity index (χ4v) is 1.00. The highest BCUT2D eigenvalue weighted by atomic mass is 79.9. The molecule has 0 radical (unpaired) electrons. The summed E-state index contributed by atoms with van der Waals surface area (Å²) in [4.78, 5) is 6.71. The van der Waals surface area contributed by atoms with Crippen LogP contribution >= 0.6 is 15.9 Å². The zero-order valence-electron chi connectivity index (χ0n) is 4.77. The highest BCUT2D eigenvalue weighted by Crippen LogP contribution is 2.10. The van der Waals surface area contributed by atoms with Gasteiger partial charge in [-0.2, -0.15) is 5.26 Å². The van der Waals surface area contributed by atoms with Gasteiger partial charge in [0.25, 0.3) is 0 Å². The molecule has 0 aliphatic carbocycles. The van der Waals surface area contributed by atoms with Crippen molar-refractivity contribution in [3.05, 3.63) is 16.1 Å². The molecule has 1 aromatic heterocycles. The number of nitrogens with zero attached hydrogens (tertiary/aromatic N) is 2. The summed E-state index contributed by atoms with van der Waals surface area (Å²) in [6.45, 7) is 1.80. The number of rotatable bonds is 0. The zero-order chi connectivity index (χ0) is 6.85. The lowest BCUT2D eigenvalue weighted by Crippen LogP contribution is -1.72. The fourth-order valence-electron chi connectivity index (χ4n) is 0.537. The Hall–Kier alpha value is -0.820. The Morgan fingerprint density at radius 3 is 2.67 bits per heavy atom. The molecule has 3 nitrogen and oxygen atoms in total. The molecule has 0 amide bonds. The normalized spacial score (nSPS) is 9.00. The number of aromatic amines is 1. The number of aromatic nitrogens is 2. The minimum atomic E-state index is 0.410. The van der Waals surface area contributed by atoms with Gasteiger partial charge in [-0.25, -0.2) is 4.98 Å². The van der Waals surface area contributed by atoms with Gasteiger partial charge in [-0.15, -0.1) is 0 Å². The molecule has 0 fully saturated rings. The molecule has 9 heavy (non-hydrogen) atoms. The maximum Gasteiger partial charge on any atom is 0.173 e. The molecule has 0 aliphatic heterocycles. The molecule has 0 aliphatic rings. The van der Waals surface area contributed by atoms with Gasteiger partial charge < -0.3 is 4.98 Å². The van der Waals surface area contributed by atoms with Crippen molar-refractivity contribution in [3.63, 3.8) is 0 Å². The van der Waals surface area contributed by atoms with E-state index in [0.29, 0.717) is 10.3 Å². The van der Waals surface area contributed by atoms with Crippen molar-refractivity contribution >= 4 is 15.9 Å². The second-order valence-electron chi connectivity index (χ2n) is 1.60. The summed E-state index contributed by atoms with van der Waals surface area (Å²) in [6, 6.07) is 1.93. The van der Waals surface area contributed by atoms with Crippen molar-refractivity contribution in [1.29, 1.82) is 5.26 Å². The second-order valence-corrected chi connectivity index (χ2v) is 2.39. The summed E-state index contributed by atoms with van der Waals surface area (Å²) < 4.78 is 0.655. The SMILES string of the molecule is Cc1nc(C#N)c(Br)[nH]1. The van der Waals surface area contributed by atoms with E-state index >= 15 is 0 Å². The molecule has 1 N–H and O–H groups in total. The number of hydrogen-bond donors (Lipinski definition) is 1. The summed E-state index contributed by atoms with van der Waals surface area (Å²) in [5.41, 5.74) is 0.410. The van der Waals surface area contributed by atoms with E-state index in [1.165, 1.54) is 0 Å². The minimum Gasteiger partial charge on any atom is -0.336 e. The molecular formula is C5H4BrN3. The molecule has 0 aromatic carbocycles. The van der Waals surface area contributed by atoms with Crippen molar-refractivity contribution < 1.29 is 0 Å². The van der Waals surface area contributed by atoms with Crippen molar-refractivity contribution in [2.75, 3.05) is 0 Å². The fraction of sp³-hybridized carbons (Fsp3) is 0.200. The van der Waals surface area contributed by atoms with Crippen molar-refractivity contribution in [3.8, 4) is 6.07 Å². The number of H-pyrrole nitrogens is 1. The van der Waals surface area contributed by atoms with Crippen LogP contribution in [0.1, 0.15) is 11.5 Å². The molecule has 0 unspecified atom stereocenters. The van der Waals surface area contributed by atoms with Gasteiger partial charge in [0.05, 0.1) is 0 Å². The summed E-state index contributed by atoms with van der Waals surface area (Å²) in [7, 11) is 0. The number of nitriles is 1. The van der Waals surface area contributed by atoms with E-state index in [1.807, 2.05) is 6.07 Å². The van der Waals surface area contributed by atoms with Gasteiger partial charge in [0, 0.05) is 0 Å². The van der Waals surface area contributed by atoms with Crippen LogP contribution in [0.3, 0.4) is 0 Å². The maximum atomic E-state index is 8.37. The number of nitrogens with one attached hydrogen (secondary N) is 1. The topological polar surface area (TPSA) is 52.5 Å². The van der Waals surface area contributed by atoms with Crippen LogP contribution in [-0.4, -0.2) is 9.97 Å². The van der Waals surface area contributed by atoms with Crippen LogP contribution in [0.4, 0.5) is 0 Å². The Kier molecular flexibility index (Phi) is 1.54. The first-order valence-corrected chi connectivity index (χ1v) is 3.15. The first-order chi connectivity index (χ1) is 4.24. The predicted octanol–water partition coefficient (Wildman–Crippen LogP) is 1.35. The molecule has 1 aromatic rings. The Labute approximate surface area is 60.9 Å². The number of halogens is 1. The molecule has 1 rings (SSSR count). The average Bonchev–Trinajstić information content (AvgIpc) is 2.10. The van der Waals surface area contributed by atoms with Gasteiger partial charge in [-0.3, -0.25) is 0 Å². The van der Waals surface area contributed by atoms with Crippen molar-refractivity contribution in [2.24, 2.45) is 0 Å². The molecular weight excluding hydrogens is 182 g/mol. The van der Waals surface area contributed by atoms with Gasteiger partial charge in [0.15, 0.2) is 5.69 Å². The second kappa shape index (κ2) is 2.19. The molecule has 0 bridgehead atoms. The van der Waals surface area contributed by atoms with E-state index < -0.39 is 0 Å². The molecule has 4 heteroatoms. The van der Waals surface area contributed by atoms with E-state index in [1.54, 1.807) is 6.92 Å². The molecule has 46 valence electrons. The Bertz CT molecular complexity index is 258. The smallest absolute Gasteiger partial charge is 0.173 e. The van der Waals surface area contributed by atoms with E-state index in [4.69, 9.17) is 5.26 Å². The van der Waals surface area contributed by atoms with Crippen molar-refractivity contribution in [1.82, 2.24) is 9.97 Å². The van der Waals surface area contributed by atoms with Crippen molar-refractivity contribution in [2.45, 2.75) is 6.92 Å². The summed E-state index contributed by atoms with van der Waals surface area (Å²) >= 11 is 3.14. The van der Waals surface area contributed by atoms with Gasteiger partial charge >= 0.3 is 0 Å². The molecule has 1 heterocycles. The van der Waals surface area contributed by atoms with Crippen LogP contribution in [-0.2, 0) is 0 Å². The van der Waals surface area contributed by atoms with E-state index in [0.717, 1.165) is 5.82 Å². The van der Waals surface area contributed by atoms with Gasteiger partial charge in [-0.1, -0.05) is 0 Å². The van der Waals surface area contributed by atoms with Crippen LogP contribution in [0.5, 0.6) is 0 Å². The lowest BCUT2D eigenvalue weighted by molar-refractivity contribution is 1.14. The Balaban J connectivity index is 3.20. The Morgan fingerprint density at radius 1 is 1.78 bits per heavy atom. The number of aryl methyl sites for hydroxylation is 1. The summed E-state index contributed by atoms with van der Waals surface area (Å²) in [5, 5.41) is 8.37. The zero-order valence-corrected chi connectivity index (χ0v) is 6.36. The standard InChI is InChI=1S/C5H4BrN3/c1-3-8-4(2-7)5(6)9-3/h1H3,(H,8,9). The first-order valence-electron chi connectivity index (χ1n) is 2.36.